The molecule has 1 amide bonds. The Kier molecular flexibility index (Phi) is 5.35. The van der Waals surface area contributed by atoms with Crippen LogP contribution in [0.15, 0.2) is 42.6 Å². The highest BCUT2D eigenvalue weighted by Crippen LogP contribution is 2.28. The van der Waals surface area contributed by atoms with E-state index in [-0.39, 0.29) is 5.91 Å². The van der Waals surface area contributed by atoms with Crippen molar-refractivity contribution in [2.45, 2.75) is 12.8 Å². The Balaban J connectivity index is 1.28. The van der Waals surface area contributed by atoms with Gasteiger partial charge in [0.15, 0.2) is 0 Å². The highest BCUT2D eigenvalue weighted by Gasteiger charge is 2.26. The van der Waals surface area contributed by atoms with E-state index < -0.39 is 0 Å². The molecule has 2 aromatic heterocycles. The second-order valence-electron chi connectivity index (χ2n) is 7.58. The maximum atomic E-state index is 13.2. The zero-order valence-corrected chi connectivity index (χ0v) is 18.1. The van der Waals surface area contributed by atoms with Gasteiger partial charge in [-0.2, -0.15) is 0 Å². The summed E-state index contributed by atoms with van der Waals surface area (Å²) in [6, 6.07) is 11.6. The Morgan fingerprint density at radius 2 is 1.67 bits per heavy atom. The lowest BCUT2D eigenvalue weighted by atomic mass is 10.2. The van der Waals surface area contributed by atoms with Gasteiger partial charge in [-0.05, 0) is 43.2 Å². The first-order chi connectivity index (χ1) is 14.7. The first kappa shape index (κ1) is 19.4. The summed E-state index contributed by atoms with van der Waals surface area (Å²) >= 11 is 7.66. The molecule has 0 unspecified atom stereocenters. The summed E-state index contributed by atoms with van der Waals surface area (Å²) in [6.45, 7) is 4.97. The molecule has 0 aliphatic carbocycles. The van der Waals surface area contributed by atoms with Gasteiger partial charge in [0.25, 0.3) is 5.91 Å². The molecule has 0 bridgehead atoms. The molecule has 30 heavy (non-hydrogen) atoms. The van der Waals surface area contributed by atoms with Crippen LogP contribution in [0.2, 0.25) is 5.02 Å². The number of piperazine rings is 1. The maximum Gasteiger partial charge on any atom is 0.271 e. The minimum absolute atomic E-state index is 0.0312. The molecule has 0 atom stereocenters. The van der Waals surface area contributed by atoms with E-state index in [1.165, 1.54) is 12.8 Å². The van der Waals surface area contributed by atoms with Crippen LogP contribution < -0.4 is 9.80 Å². The third kappa shape index (κ3) is 3.77. The summed E-state index contributed by atoms with van der Waals surface area (Å²) in [6.07, 6.45) is 4.29. The zero-order valence-electron chi connectivity index (χ0n) is 16.6. The topological polar surface area (TPSA) is 57.5 Å². The third-order valence-electron chi connectivity index (χ3n) is 5.69. The summed E-state index contributed by atoms with van der Waals surface area (Å²) < 4.78 is 1.86. The second-order valence-corrected chi connectivity index (χ2v) is 8.95. The molecule has 0 spiro atoms. The van der Waals surface area contributed by atoms with Crippen LogP contribution in [0, 0.1) is 0 Å². The average molecular weight is 443 g/mol. The van der Waals surface area contributed by atoms with Gasteiger partial charge in [-0.25, -0.2) is 0 Å². The summed E-state index contributed by atoms with van der Waals surface area (Å²) in [5.74, 6) is 0.0312. The van der Waals surface area contributed by atoms with Gasteiger partial charge >= 0.3 is 0 Å². The Morgan fingerprint density at radius 3 is 2.43 bits per heavy atom. The molecule has 4 heterocycles. The molecule has 2 aliphatic heterocycles. The van der Waals surface area contributed by atoms with Gasteiger partial charge in [0.1, 0.15) is 5.69 Å². The fourth-order valence-corrected chi connectivity index (χ4v) is 5.15. The third-order valence-corrected chi connectivity index (χ3v) is 6.91. The molecule has 0 radical (unpaired) electrons. The smallest absolute Gasteiger partial charge is 0.271 e. The molecular formula is C21H23ClN6OS. The minimum atomic E-state index is 0.0312. The van der Waals surface area contributed by atoms with E-state index in [0.717, 1.165) is 47.2 Å². The Bertz CT molecular complexity index is 1040. The molecule has 2 saturated heterocycles. The number of benzene rings is 1. The van der Waals surface area contributed by atoms with Crippen LogP contribution in [0.5, 0.6) is 0 Å². The van der Waals surface area contributed by atoms with Crippen LogP contribution in [0.25, 0.3) is 5.13 Å². The standard InChI is InChI=1S/C21H23ClN6OS/c22-16-5-3-6-17(15-16)25-11-13-26(14-12-25)19(29)18-7-4-10-28(18)21-24-23-20(30-21)27-8-1-2-9-27/h3-7,10,15H,1-2,8-9,11-14H2. The number of carbonyl (C=O) groups is 1. The lowest BCUT2D eigenvalue weighted by Gasteiger charge is -2.36. The van der Waals surface area contributed by atoms with Crippen molar-refractivity contribution in [1.29, 1.82) is 0 Å². The first-order valence-corrected chi connectivity index (χ1v) is 11.4. The lowest BCUT2D eigenvalue weighted by molar-refractivity contribution is 0.0739. The number of aromatic nitrogens is 3. The molecule has 0 N–H and O–H groups in total. The predicted molar refractivity (Wildman–Crippen MR) is 120 cm³/mol. The molecule has 0 saturated carbocycles. The number of halogens is 1. The fraction of sp³-hybridized carbons (Fsp3) is 0.381. The van der Waals surface area contributed by atoms with Crippen LogP contribution in [0.1, 0.15) is 23.3 Å². The molecule has 156 valence electrons. The molecule has 1 aromatic carbocycles. The Morgan fingerprint density at radius 1 is 0.900 bits per heavy atom. The summed E-state index contributed by atoms with van der Waals surface area (Å²) in [7, 11) is 0. The van der Waals surface area contributed by atoms with Crippen molar-refractivity contribution in [2.75, 3.05) is 49.1 Å². The lowest BCUT2D eigenvalue weighted by Crippen LogP contribution is -2.49. The van der Waals surface area contributed by atoms with Crippen molar-refractivity contribution in [3.8, 4) is 5.13 Å². The Labute approximate surface area is 184 Å². The number of hydrogen-bond donors (Lipinski definition) is 0. The van der Waals surface area contributed by atoms with E-state index in [9.17, 15) is 4.79 Å². The summed E-state index contributed by atoms with van der Waals surface area (Å²) in [5, 5.41) is 11.1. The molecule has 2 aliphatic rings. The maximum absolute atomic E-state index is 13.2. The number of hydrogen-bond acceptors (Lipinski definition) is 6. The average Bonchev–Trinajstić information content (AvgIpc) is 3.54. The second kappa shape index (κ2) is 8.28. The van der Waals surface area contributed by atoms with E-state index in [0.29, 0.717) is 18.8 Å². The molecule has 7 nitrogen and oxygen atoms in total. The quantitative estimate of drug-likeness (QED) is 0.618. The van der Waals surface area contributed by atoms with E-state index in [2.05, 4.69) is 26.1 Å². The summed E-state index contributed by atoms with van der Waals surface area (Å²) in [4.78, 5) is 19.7. The normalized spacial score (nSPS) is 17.0. The van der Waals surface area contributed by atoms with Crippen LogP contribution in [-0.4, -0.2) is 64.8 Å². The number of rotatable bonds is 4. The van der Waals surface area contributed by atoms with Gasteiger partial charge in [0.2, 0.25) is 10.3 Å². The van der Waals surface area contributed by atoms with Gasteiger partial charge in [-0.15, -0.1) is 10.2 Å². The molecule has 2 fully saturated rings. The van der Waals surface area contributed by atoms with E-state index >= 15 is 0 Å². The van der Waals surface area contributed by atoms with Gasteiger partial charge in [-0.3, -0.25) is 9.36 Å². The number of anilines is 2. The minimum Gasteiger partial charge on any atom is -0.368 e. The van der Waals surface area contributed by atoms with E-state index in [1.54, 1.807) is 11.3 Å². The van der Waals surface area contributed by atoms with Gasteiger partial charge in [-0.1, -0.05) is 29.0 Å². The molecule has 5 rings (SSSR count). The van der Waals surface area contributed by atoms with Crippen LogP contribution in [0.4, 0.5) is 10.8 Å². The number of amides is 1. The molecule has 9 heteroatoms. The SMILES string of the molecule is O=C(c1cccn1-c1nnc(N2CCCC2)s1)N1CCN(c2cccc(Cl)c2)CC1. The van der Waals surface area contributed by atoms with Crippen molar-refractivity contribution in [2.24, 2.45) is 0 Å². The monoisotopic (exact) mass is 442 g/mol. The number of carbonyl (C=O) groups excluding carboxylic acids is 1. The fourth-order valence-electron chi connectivity index (χ4n) is 4.07. The van der Waals surface area contributed by atoms with Gasteiger partial charge in [0, 0.05) is 56.2 Å². The number of nitrogens with zero attached hydrogens (tertiary/aromatic N) is 6. The van der Waals surface area contributed by atoms with Crippen molar-refractivity contribution in [1.82, 2.24) is 19.7 Å². The first-order valence-electron chi connectivity index (χ1n) is 10.2. The van der Waals surface area contributed by atoms with Crippen molar-refractivity contribution in [3.63, 3.8) is 0 Å². The Hall–Kier alpha value is -2.58. The molecular weight excluding hydrogens is 420 g/mol. The van der Waals surface area contributed by atoms with Gasteiger partial charge in [0.05, 0.1) is 0 Å². The van der Waals surface area contributed by atoms with E-state index in [4.69, 9.17) is 11.6 Å². The highest BCUT2D eigenvalue weighted by atomic mass is 35.5. The molecule has 3 aromatic rings. The highest BCUT2D eigenvalue weighted by molar-refractivity contribution is 7.17. The van der Waals surface area contributed by atoms with Crippen LogP contribution >= 0.6 is 22.9 Å². The van der Waals surface area contributed by atoms with Crippen molar-refractivity contribution >= 4 is 39.7 Å². The summed E-state index contributed by atoms with van der Waals surface area (Å²) in [5.41, 5.74) is 1.73. The van der Waals surface area contributed by atoms with E-state index in [1.807, 2.05) is 46.0 Å². The predicted octanol–water partition coefficient (Wildman–Crippen LogP) is 3.54. The van der Waals surface area contributed by atoms with Crippen molar-refractivity contribution < 1.29 is 4.79 Å². The largest absolute Gasteiger partial charge is 0.368 e. The van der Waals surface area contributed by atoms with Crippen LogP contribution in [0.3, 0.4) is 0 Å². The zero-order chi connectivity index (χ0) is 20.5. The van der Waals surface area contributed by atoms with Crippen LogP contribution in [-0.2, 0) is 0 Å². The van der Waals surface area contributed by atoms with Gasteiger partial charge < -0.3 is 14.7 Å². The van der Waals surface area contributed by atoms with Crippen molar-refractivity contribution in [3.05, 3.63) is 53.3 Å².